The number of nitrogens with zero attached hydrogens (tertiary/aromatic N) is 2. The number of para-hydroxylation sites is 1. The maximum Gasteiger partial charge on any atom is 0.320 e. The Balaban J connectivity index is 1.32. The zero-order chi connectivity index (χ0) is 25.8. The number of thiazole rings is 1. The molecule has 0 saturated carbocycles. The van der Waals surface area contributed by atoms with Crippen LogP contribution in [-0.2, 0) is 21.7 Å². The average molecular weight is 510 g/mol. The molecule has 0 aliphatic carbocycles. The third kappa shape index (κ3) is 4.09. The van der Waals surface area contributed by atoms with E-state index < -0.39 is 41.2 Å². The molecule has 3 heterocycles. The normalized spacial score (nSPS) is 17.8. The third-order valence-corrected chi connectivity index (χ3v) is 7.82. The molecule has 2 aromatic carbocycles. The van der Waals surface area contributed by atoms with Gasteiger partial charge in [0.15, 0.2) is 5.82 Å². The number of carbonyl (C=O) groups excluding carboxylic acids is 4. The summed E-state index contributed by atoms with van der Waals surface area (Å²) in [5.41, 5.74) is 1.24. The number of rotatable bonds is 4. The predicted octanol–water partition coefficient (Wildman–Crippen LogP) is 3.56. The highest BCUT2D eigenvalue weighted by Crippen LogP contribution is 2.34. The summed E-state index contributed by atoms with van der Waals surface area (Å²) >= 11 is 1.48. The van der Waals surface area contributed by atoms with Crippen molar-refractivity contribution < 1.29 is 23.6 Å². The minimum absolute atomic E-state index is 0.0832. The summed E-state index contributed by atoms with van der Waals surface area (Å²) in [6, 6.07) is 7.19. The highest BCUT2D eigenvalue weighted by molar-refractivity contribution is 7.18. The Labute approximate surface area is 210 Å². The van der Waals surface area contributed by atoms with Crippen molar-refractivity contribution in [3.8, 4) is 0 Å². The first-order chi connectivity index (χ1) is 17.0. The van der Waals surface area contributed by atoms with E-state index in [0.29, 0.717) is 5.01 Å². The number of fused-ring (bicyclic) bond motifs is 2. The Morgan fingerprint density at radius 3 is 2.72 bits per heavy atom. The number of carbonyl (C=O) groups is 4. The highest BCUT2D eigenvalue weighted by atomic mass is 32.1. The first kappa shape index (κ1) is 23.9. The number of halogens is 1. The molecule has 1 fully saturated rings. The van der Waals surface area contributed by atoms with E-state index in [9.17, 15) is 19.2 Å². The number of hydrogen-bond donors (Lipinski definition) is 3. The molecule has 9 nitrogen and oxygen atoms in total. The molecule has 1 atom stereocenters. The van der Waals surface area contributed by atoms with Gasteiger partial charge in [0.2, 0.25) is 11.8 Å². The lowest BCUT2D eigenvalue weighted by Gasteiger charge is -2.29. The second-order valence-electron chi connectivity index (χ2n) is 9.50. The zero-order valence-electron chi connectivity index (χ0n) is 19.9. The van der Waals surface area contributed by atoms with E-state index in [-0.39, 0.29) is 36.2 Å². The molecule has 1 aromatic heterocycles. The molecule has 2 aliphatic rings. The number of benzene rings is 2. The maximum absolute atomic E-state index is 15.4. The number of nitrogens with one attached hydrogen (secondary N) is 3. The quantitative estimate of drug-likeness (QED) is 0.465. The lowest BCUT2D eigenvalue weighted by Crippen LogP contribution is -2.52. The van der Waals surface area contributed by atoms with Crippen molar-refractivity contribution >= 4 is 51.0 Å². The summed E-state index contributed by atoms with van der Waals surface area (Å²) in [5.74, 6) is -2.19. The smallest absolute Gasteiger partial charge is 0.320 e. The van der Waals surface area contributed by atoms with Crippen LogP contribution in [0, 0.1) is 12.7 Å². The van der Waals surface area contributed by atoms with Crippen LogP contribution in [0.15, 0.2) is 30.3 Å². The number of piperidine rings is 1. The Bertz CT molecular complexity index is 1450. The van der Waals surface area contributed by atoms with Crippen LogP contribution in [-0.4, -0.2) is 39.7 Å². The van der Waals surface area contributed by atoms with E-state index in [1.165, 1.54) is 28.4 Å². The van der Waals surface area contributed by atoms with Crippen LogP contribution in [0.5, 0.6) is 0 Å². The summed E-state index contributed by atoms with van der Waals surface area (Å²) < 4.78 is 16.4. The number of aromatic nitrogens is 1. The number of imide groups is 1. The van der Waals surface area contributed by atoms with Crippen LogP contribution in [0.25, 0.3) is 10.2 Å². The molecule has 1 saturated heterocycles. The van der Waals surface area contributed by atoms with Crippen molar-refractivity contribution in [2.45, 2.75) is 51.7 Å². The van der Waals surface area contributed by atoms with E-state index in [4.69, 9.17) is 0 Å². The predicted molar refractivity (Wildman–Crippen MR) is 132 cm³/mol. The molecule has 0 spiro atoms. The fourth-order valence-electron chi connectivity index (χ4n) is 4.55. The number of anilines is 1. The van der Waals surface area contributed by atoms with Gasteiger partial charge in [0.05, 0.1) is 28.0 Å². The van der Waals surface area contributed by atoms with Crippen molar-refractivity contribution in [2.75, 3.05) is 5.32 Å². The van der Waals surface area contributed by atoms with Gasteiger partial charge >= 0.3 is 6.03 Å². The Morgan fingerprint density at radius 1 is 1.22 bits per heavy atom. The Hall–Kier alpha value is -3.86. The molecule has 0 bridgehead atoms. The first-order valence-corrected chi connectivity index (χ1v) is 12.3. The first-order valence-electron chi connectivity index (χ1n) is 11.5. The molecule has 3 aromatic rings. The van der Waals surface area contributed by atoms with Crippen LogP contribution in [0.4, 0.5) is 14.9 Å². The minimum Gasteiger partial charge on any atom is -0.326 e. The topological polar surface area (TPSA) is 120 Å². The van der Waals surface area contributed by atoms with Gasteiger partial charge in [0.1, 0.15) is 11.0 Å². The minimum atomic E-state index is -0.847. The van der Waals surface area contributed by atoms with Crippen LogP contribution in [0.3, 0.4) is 0 Å². The summed E-state index contributed by atoms with van der Waals surface area (Å²) in [6.45, 7) is 5.48. The van der Waals surface area contributed by atoms with E-state index in [0.717, 1.165) is 15.8 Å². The maximum atomic E-state index is 15.4. The highest BCUT2D eigenvalue weighted by Gasteiger charge is 2.40. The van der Waals surface area contributed by atoms with Crippen LogP contribution in [0.1, 0.15) is 53.2 Å². The summed E-state index contributed by atoms with van der Waals surface area (Å²) in [5, 5.41) is 8.30. The second-order valence-corrected chi connectivity index (χ2v) is 10.5. The molecule has 186 valence electrons. The summed E-state index contributed by atoms with van der Waals surface area (Å²) in [4.78, 5) is 55.3. The second kappa shape index (κ2) is 8.66. The summed E-state index contributed by atoms with van der Waals surface area (Å²) in [7, 11) is 0. The van der Waals surface area contributed by atoms with Crippen molar-refractivity contribution in [1.82, 2.24) is 20.5 Å². The fourth-order valence-corrected chi connectivity index (χ4v) is 5.65. The van der Waals surface area contributed by atoms with Crippen LogP contribution >= 0.6 is 11.3 Å². The van der Waals surface area contributed by atoms with Crippen LogP contribution in [0.2, 0.25) is 0 Å². The standard InChI is InChI=1S/C25H24FN5O4S/c1-12-5-4-6-17-20(12)29-23(36-17)25(2,3)30-24(35)27-15-8-7-13-14(19(15)26)11-31(22(13)34)16-9-10-18(32)28-21(16)33/h4-8,16H,9-11H2,1-3H3,(H2,27,30,35)(H,28,32,33). The molecule has 5 rings (SSSR count). The Kier molecular flexibility index (Phi) is 5.74. The van der Waals surface area contributed by atoms with Gasteiger partial charge in [-0.2, -0.15) is 0 Å². The van der Waals surface area contributed by atoms with Gasteiger partial charge in [0, 0.05) is 17.5 Å². The lowest BCUT2D eigenvalue weighted by atomic mass is 10.0. The molecule has 11 heteroatoms. The van der Waals surface area contributed by atoms with Gasteiger partial charge < -0.3 is 15.5 Å². The number of amides is 5. The van der Waals surface area contributed by atoms with Crippen molar-refractivity contribution in [2.24, 2.45) is 0 Å². The summed E-state index contributed by atoms with van der Waals surface area (Å²) in [6.07, 6.45) is 0.288. The molecular formula is C25H24FN5O4S. The third-order valence-electron chi connectivity index (χ3n) is 6.48. The number of urea groups is 1. The molecule has 3 N–H and O–H groups in total. The molecule has 2 aliphatic heterocycles. The van der Waals surface area contributed by atoms with Crippen molar-refractivity contribution in [3.63, 3.8) is 0 Å². The molecule has 36 heavy (non-hydrogen) atoms. The van der Waals surface area contributed by atoms with Gasteiger partial charge in [-0.1, -0.05) is 12.1 Å². The van der Waals surface area contributed by atoms with E-state index in [1.807, 2.05) is 39.0 Å². The van der Waals surface area contributed by atoms with Crippen molar-refractivity contribution in [1.29, 1.82) is 0 Å². The molecule has 1 unspecified atom stereocenters. The lowest BCUT2D eigenvalue weighted by molar-refractivity contribution is -0.136. The van der Waals surface area contributed by atoms with E-state index >= 15 is 4.39 Å². The van der Waals surface area contributed by atoms with E-state index in [2.05, 4.69) is 20.9 Å². The average Bonchev–Trinajstić information content (AvgIpc) is 3.39. The molecule has 5 amide bonds. The zero-order valence-corrected chi connectivity index (χ0v) is 20.7. The largest absolute Gasteiger partial charge is 0.326 e. The van der Waals surface area contributed by atoms with Crippen molar-refractivity contribution in [3.05, 3.63) is 57.8 Å². The SMILES string of the molecule is Cc1cccc2sc(C(C)(C)NC(=O)Nc3ccc4c(c3F)CN(C3CCC(=O)NC3=O)C4=O)nc12. The van der Waals surface area contributed by atoms with Gasteiger partial charge in [-0.05, 0) is 51.0 Å². The fraction of sp³-hybridized carbons (Fsp3) is 0.320. The number of aryl methyl sites for hydroxylation is 1. The molecule has 0 radical (unpaired) electrons. The van der Waals surface area contributed by atoms with Gasteiger partial charge in [0.25, 0.3) is 5.91 Å². The molecular weight excluding hydrogens is 485 g/mol. The van der Waals surface area contributed by atoms with Gasteiger partial charge in [-0.25, -0.2) is 14.2 Å². The van der Waals surface area contributed by atoms with Gasteiger partial charge in [-0.3, -0.25) is 19.7 Å². The van der Waals surface area contributed by atoms with Crippen LogP contribution < -0.4 is 16.0 Å². The van der Waals surface area contributed by atoms with E-state index in [1.54, 1.807) is 0 Å². The Morgan fingerprint density at radius 2 is 2.00 bits per heavy atom. The van der Waals surface area contributed by atoms with Gasteiger partial charge in [-0.15, -0.1) is 11.3 Å². The number of hydrogen-bond acceptors (Lipinski definition) is 6. The monoisotopic (exact) mass is 509 g/mol.